The number of hydrogen-bond donors (Lipinski definition) is 3. The molecule has 7 heteroatoms. The molecule has 0 radical (unpaired) electrons. The number of hydrogen-bond acceptors (Lipinski definition) is 4. The summed E-state index contributed by atoms with van der Waals surface area (Å²) < 4.78 is 37.5. The van der Waals surface area contributed by atoms with E-state index in [0.29, 0.717) is 5.69 Å². The van der Waals surface area contributed by atoms with Crippen LogP contribution in [0.15, 0.2) is 18.2 Å². The van der Waals surface area contributed by atoms with Crippen molar-refractivity contribution in [3.05, 3.63) is 23.8 Å². The van der Waals surface area contributed by atoms with E-state index in [1.165, 1.54) is 12.1 Å². The van der Waals surface area contributed by atoms with Crippen LogP contribution in [-0.2, 0) is 0 Å². The largest absolute Gasteiger partial charge is 0.508 e. The zero-order chi connectivity index (χ0) is 14.0. The van der Waals surface area contributed by atoms with Gasteiger partial charge >= 0.3 is 6.18 Å². The lowest BCUT2D eigenvalue weighted by molar-refractivity contribution is -0.149. The zero-order valence-corrected chi connectivity index (χ0v) is 10.2. The number of phenols is 1. The minimum Gasteiger partial charge on any atom is -0.508 e. The first-order valence-electron chi connectivity index (χ1n) is 6.00. The molecular weight excluding hydrogens is 259 g/mol. The number of rotatable bonds is 2. The van der Waals surface area contributed by atoms with Crippen LogP contribution in [0.25, 0.3) is 0 Å². The van der Waals surface area contributed by atoms with E-state index in [0.717, 1.165) is 26.2 Å². The van der Waals surface area contributed by atoms with Gasteiger partial charge in [-0.2, -0.15) is 13.2 Å². The standard InChI is InChI=1S/C12H16F3N3O/c13-12(14,15)11(16)9-2-1-8(7-10(9)19)18-5-3-17-4-6-18/h1-2,7,11,17,19H,3-6,16H2/t11-/m1/s1. The van der Waals surface area contributed by atoms with Crippen molar-refractivity contribution in [2.24, 2.45) is 5.73 Å². The van der Waals surface area contributed by atoms with Crippen molar-refractivity contribution in [1.29, 1.82) is 0 Å². The molecule has 2 rings (SSSR count). The maximum Gasteiger partial charge on any atom is 0.407 e. The molecule has 0 spiro atoms. The summed E-state index contributed by atoms with van der Waals surface area (Å²) in [5.74, 6) is -0.416. The predicted octanol–water partition coefficient (Wildman–Crippen LogP) is 1.36. The topological polar surface area (TPSA) is 61.5 Å². The quantitative estimate of drug-likeness (QED) is 0.763. The Bertz CT molecular complexity index is 444. The van der Waals surface area contributed by atoms with Gasteiger partial charge in [-0.25, -0.2) is 0 Å². The summed E-state index contributed by atoms with van der Waals surface area (Å²) in [7, 11) is 0. The SMILES string of the molecule is N[C@H](c1ccc(N2CCNCC2)cc1O)C(F)(F)F. The fraction of sp³-hybridized carbons (Fsp3) is 0.500. The van der Waals surface area contributed by atoms with Gasteiger partial charge in [-0.3, -0.25) is 0 Å². The average Bonchev–Trinajstić information content (AvgIpc) is 2.38. The molecule has 19 heavy (non-hydrogen) atoms. The molecule has 4 nitrogen and oxygen atoms in total. The molecule has 4 N–H and O–H groups in total. The number of nitrogens with two attached hydrogens (primary N) is 1. The van der Waals surface area contributed by atoms with Gasteiger partial charge in [-0.15, -0.1) is 0 Å². The number of benzene rings is 1. The van der Waals surface area contributed by atoms with E-state index in [1.807, 2.05) is 4.90 Å². The molecule has 1 heterocycles. The van der Waals surface area contributed by atoms with Gasteiger partial charge in [-0.05, 0) is 6.07 Å². The molecule has 1 aliphatic heterocycles. The first-order chi connectivity index (χ1) is 8.89. The minimum absolute atomic E-state index is 0.300. The van der Waals surface area contributed by atoms with Gasteiger partial charge in [0.25, 0.3) is 0 Å². The molecule has 1 saturated heterocycles. The molecule has 0 aliphatic carbocycles. The van der Waals surface area contributed by atoms with E-state index in [4.69, 9.17) is 5.73 Å². The van der Waals surface area contributed by atoms with Crippen molar-refractivity contribution in [2.45, 2.75) is 12.2 Å². The van der Waals surface area contributed by atoms with Crippen molar-refractivity contribution in [3.8, 4) is 5.75 Å². The number of anilines is 1. The third-order valence-electron chi connectivity index (χ3n) is 3.18. The van der Waals surface area contributed by atoms with Gasteiger partial charge < -0.3 is 21.1 Å². The number of nitrogens with zero attached hydrogens (tertiary/aromatic N) is 1. The normalized spacial score (nSPS) is 18.4. The second-order valence-corrected chi connectivity index (χ2v) is 4.50. The average molecular weight is 275 g/mol. The molecule has 0 aromatic heterocycles. The van der Waals surface area contributed by atoms with Crippen LogP contribution in [0.1, 0.15) is 11.6 Å². The monoisotopic (exact) mass is 275 g/mol. The van der Waals surface area contributed by atoms with Crippen molar-refractivity contribution >= 4 is 5.69 Å². The molecule has 0 saturated carbocycles. The molecule has 1 aromatic carbocycles. The van der Waals surface area contributed by atoms with Gasteiger partial charge in [0.15, 0.2) is 0 Å². The van der Waals surface area contributed by atoms with Crippen LogP contribution in [0.2, 0.25) is 0 Å². The highest BCUT2D eigenvalue weighted by atomic mass is 19.4. The number of alkyl halides is 3. The minimum atomic E-state index is -4.56. The Morgan fingerprint density at radius 2 is 1.89 bits per heavy atom. The Balaban J connectivity index is 2.21. The van der Waals surface area contributed by atoms with E-state index in [1.54, 1.807) is 6.07 Å². The Morgan fingerprint density at radius 3 is 2.42 bits per heavy atom. The van der Waals surface area contributed by atoms with E-state index in [9.17, 15) is 18.3 Å². The van der Waals surface area contributed by atoms with Crippen LogP contribution < -0.4 is 16.0 Å². The highest BCUT2D eigenvalue weighted by Gasteiger charge is 2.39. The zero-order valence-electron chi connectivity index (χ0n) is 10.2. The smallest absolute Gasteiger partial charge is 0.407 e. The van der Waals surface area contributed by atoms with Gasteiger partial charge in [-0.1, -0.05) is 6.07 Å². The summed E-state index contributed by atoms with van der Waals surface area (Å²) in [5.41, 5.74) is 5.50. The van der Waals surface area contributed by atoms with Crippen molar-refractivity contribution in [2.75, 3.05) is 31.1 Å². The van der Waals surface area contributed by atoms with Gasteiger partial charge in [0.2, 0.25) is 0 Å². The Hall–Kier alpha value is -1.47. The van der Waals surface area contributed by atoms with Crippen LogP contribution >= 0.6 is 0 Å². The third-order valence-corrected chi connectivity index (χ3v) is 3.18. The third kappa shape index (κ3) is 3.10. The highest BCUT2D eigenvalue weighted by molar-refractivity contribution is 5.54. The van der Waals surface area contributed by atoms with Crippen molar-refractivity contribution in [1.82, 2.24) is 5.32 Å². The molecule has 0 amide bonds. The van der Waals surface area contributed by atoms with Crippen LogP contribution in [0.4, 0.5) is 18.9 Å². The first kappa shape index (κ1) is 14.0. The molecular formula is C12H16F3N3O. The van der Waals surface area contributed by atoms with Crippen LogP contribution in [0.3, 0.4) is 0 Å². The van der Waals surface area contributed by atoms with Gasteiger partial charge in [0.05, 0.1) is 0 Å². The van der Waals surface area contributed by atoms with E-state index >= 15 is 0 Å². The van der Waals surface area contributed by atoms with E-state index in [2.05, 4.69) is 5.32 Å². The summed E-state index contributed by atoms with van der Waals surface area (Å²) >= 11 is 0. The maximum atomic E-state index is 12.5. The summed E-state index contributed by atoms with van der Waals surface area (Å²) in [5, 5.41) is 12.9. The van der Waals surface area contributed by atoms with Crippen molar-refractivity contribution < 1.29 is 18.3 Å². The molecule has 1 aliphatic rings. The molecule has 0 bridgehead atoms. The second-order valence-electron chi connectivity index (χ2n) is 4.50. The molecule has 0 unspecified atom stereocenters. The Morgan fingerprint density at radius 1 is 1.26 bits per heavy atom. The molecule has 1 aromatic rings. The summed E-state index contributed by atoms with van der Waals surface area (Å²) in [6.45, 7) is 3.13. The highest BCUT2D eigenvalue weighted by Crippen LogP contribution is 2.36. The predicted molar refractivity (Wildman–Crippen MR) is 66.2 cm³/mol. The van der Waals surface area contributed by atoms with Crippen LogP contribution in [-0.4, -0.2) is 37.5 Å². The summed E-state index contributed by atoms with van der Waals surface area (Å²) in [6.07, 6.45) is -4.56. The fourth-order valence-electron chi connectivity index (χ4n) is 2.09. The lowest BCUT2D eigenvalue weighted by Crippen LogP contribution is -2.43. The number of halogens is 3. The lowest BCUT2D eigenvalue weighted by atomic mass is 10.0. The lowest BCUT2D eigenvalue weighted by Gasteiger charge is -2.30. The summed E-state index contributed by atoms with van der Waals surface area (Å²) in [6, 6.07) is 1.98. The molecule has 1 fully saturated rings. The number of aromatic hydroxyl groups is 1. The fourth-order valence-corrected chi connectivity index (χ4v) is 2.09. The van der Waals surface area contributed by atoms with E-state index in [-0.39, 0.29) is 5.56 Å². The Kier molecular flexibility index (Phi) is 3.86. The van der Waals surface area contributed by atoms with Crippen LogP contribution in [0.5, 0.6) is 5.75 Å². The number of phenolic OH excluding ortho intramolecular Hbond substituents is 1. The number of nitrogens with one attached hydrogen (secondary N) is 1. The van der Waals surface area contributed by atoms with Crippen molar-refractivity contribution in [3.63, 3.8) is 0 Å². The maximum absolute atomic E-state index is 12.5. The number of piperazine rings is 1. The summed E-state index contributed by atoms with van der Waals surface area (Å²) in [4.78, 5) is 2.00. The molecule has 1 atom stereocenters. The van der Waals surface area contributed by atoms with Crippen LogP contribution in [0, 0.1) is 0 Å². The van der Waals surface area contributed by atoms with E-state index < -0.39 is 18.0 Å². The first-order valence-corrected chi connectivity index (χ1v) is 6.00. The second kappa shape index (κ2) is 5.26. The van der Waals surface area contributed by atoms with Gasteiger partial charge in [0.1, 0.15) is 11.8 Å². The van der Waals surface area contributed by atoms with Gasteiger partial charge in [0, 0.05) is 43.5 Å². The Labute approximate surface area is 109 Å². The molecule has 106 valence electrons.